The second-order valence-electron chi connectivity index (χ2n) is 16.7. The summed E-state index contributed by atoms with van der Waals surface area (Å²) in [5, 5.41) is 9.65. The first-order chi connectivity index (χ1) is 31.1. The van der Waals surface area contributed by atoms with Gasteiger partial charge in [-0.3, -0.25) is 9.59 Å². The molecule has 0 rings (SSSR count). The van der Waals surface area contributed by atoms with Crippen LogP contribution in [0.25, 0.3) is 0 Å². The number of hydrogen-bond acceptors (Lipinski definition) is 6. The predicted molar refractivity (Wildman–Crippen MR) is 270 cm³/mol. The lowest BCUT2D eigenvalue weighted by Crippen LogP contribution is -2.50. The number of carbonyl (C=O) groups excluding carboxylic acids is 2. The number of carboxylic acids is 1. The zero-order valence-electron chi connectivity index (χ0n) is 40.7. The standard InChI is InChI=1S/C56H87NO7/c1-6-8-10-12-14-16-18-20-22-24-26-27-28-29-31-33-35-37-39-41-43-45-47-55(59)64-52(50-62-49-48-53(56(60)61)57(3,4)5)51-63-54(58)46-44-42-40-38-36-34-32-30-25-23-21-19-17-15-13-11-9-7-2/h8,10-11,13-17,19-23,25-27,29-32,35,37,52-53H,6-7,9,12,18,24,28,33-34,36,38-51H2,1-5H3/p+1/b10-8+,13-11+,16-14+,17-15+,21-19+,22-20+,25-23+,27-26+,31-29+,32-30+,37-35+. The summed E-state index contributed by atoms with van der Waals surface area (Å²) in [7, 11) is 5.49. The Bertz CT molecular complexity index is 1500. The highest BCUT2D eigenvalue weighted by Gasteiger charge is 2.31. The number of carbonyl (C=O) groups is 3. The molecular formula is C56H88NO7+. The Balaban J connectivity index is 4.46. The summed E-state index contributed by atoms with van der Waals surface area (Å²) < 4.78 is 17.3. The fourth-order valence-electron chi connectivity index (χ4n) is 6.18. The van der Waals surface area contributed by atoms with Gasteiger partial charge in [-0.05, 0) is 83.5 Å². The molecule has 0 aliphatic carbocycles. The Kier molecular flexibility index (Phi) is 41.9. The van der Waals surface area contributed by atoms with Crippen LogP contribution in [0.2, 0.25) is 0 Å². The van der Waals surface area contributed by atoms with Gasteiger partial charge >= 0.3 is 17.9 Å². The topological polar surface area (TPSA) is 99.1 Å². The molecule has 1 N–H and O–H groups in total. The highest BCUT2D eigenvalue weighted by molar-refractivity contribution is 5.72. The number of allylic oxidation sites excluding steroid dienone is 22. The minimum Gasteiger partial charge on any atom is -0.477 e. The lowest BCUT2D eigenvalue weighted by atomic mass is 10.1. The smallest absolute Gasteiger partial charge is 0.362 e. The van der Waals surface area contributed by atoms with Crippen molar-refractivity contribution in [1.82, 2.24) is 0 Å². The van der Waals surface area contributed by atoms with E-state index in [1.807, 2.05) is 57.6 Å². The second-order valence-corrected chi connectivity index (χ2v) is 16.7. The molecule has 0 aliphatic rings. The van der Waals surface area contributed by atoms with E-state index in [0.29, 0.717) is 19.3 Å². The van der Waals surface area contributed by atoms with E-state index < -0.39 is 18.1 Å². The van der Waals surface area contributed by atoms with Gasteiger partial charge in [-0.15, -0.1) is 0 Å². The Morgan fingerprint density at radius 1 is 0.500 bits per heavy atom. The minimum atomic E-state index is -0.891. The molecule has 0 aliphatic heterocycles. The third kappa shape index (κ3) is 42.8. The first kappa shape index (κ1) is 59.5. The fourth-order valence-corrected chi connectivity index (χ4v) is 6.18. The lowest BCUT2D eigenvalue weighted by molar-refractivity contribution is -0.887. The van der Waals surface area contributed by atoms with Gasteiger partial charge in [-0.1, -0.05) is 180 Å². The van der Waals surface area contributed by atoms with E-state index in [0.717, 1.165) is 103 Å². The van der Waals surface area contributed by atoms with Gasteiger partial charge in [0.05, 0.1) is 34.4 Å². The maximum atomic E-state index is 12.8. The number of unbranched alkanes of at least 4 members (excludes halogenated alkanes) is 9. The highest BCUT2D eigenvalue weighted by atomic mass is 16.6. The van der Waals surface area contributed by atoms with E-state index in [4.69, 9.17) is 14.2 Å². The summed E-state index contributed by atoms with van der Waals surface area (Å²) >= 11 is 0. The van der Waals surface area contributed by atoms with Crippen LogP contribution in [-0.4, -0.2) is 80.6 Å². The number of hydrogen-bond donors (Lipinski definition) is 1. The van der Waals surface area contributed by atoms with Crippen LogP contribution in [0.5, 0.6) is 0 Å². The van der Waals surface area contributed by atoms with E-state index in [9.17, 15) is 19.5 Å². The summed E-state index contributed by atoms with van der Waals surface area (Å²) in [6.07, 6.45) is 64.9. The van der Waals surface area contributed by atoms with Gasteiger partial charge in [-0.2, -0.15) is 0 Å². The molecule has 0 saturated carbocycles. The van der Waals surface area contributed by atoms with Gasteiger partial charge in [0.1, 0.15) is 6.61 Å². The maximum Gasteiger partial charge on any atom is 0.362 e. The van der Waals surface area contributed by atoms with E-state index in [2.05, 4.69) is 111 Å². The van der Waals surface area contributed by atoms with Crippen LogP contribution < -0.4 is 0 Å². The van der Waals surface area contributed by atoms with Gasteiger partial charge in [0, 0.05) is 19.3 Å². The van der Waals surface area contributed by atoms with Gasteiger partial charge in [-0.25, -0.2) is 4.79 Å². The van der Waals surface area contributed by atoms with Gasteiger partial charge < -0.3 is 23.8 Å². The van der Waals surface area contributed by atoms with Crippen molar-refractivity contribution in [3.05, 3.63) is 134 Å². The molecule has 0 spiro atoms. The van der Waals surface area contributed by atoms with Crippen molar-refractivity contribution >= 4 is 17.9 Å². The number of nitrogens with zero attached hydrogens (tertiary/aromatic N) is 1. The van der Waals surface area contributed by atoms with Crippen LogP contribution >= 0.6 is 0 Å². The third-order valence-corrected chi connectivity index (χ3v) is 9.89. The molecule has 64 heavy (non-hydrogen) atoms. The molecule has 0 heterocycles. The Labute approximate surface area is 390 Å². The van der Waals surface area contributed by atoms with Crippen LogP contribution in [0, 0.1) is 0 Å². The SMILES string of the molecule is CC/C=C/C/C=C/C/C=C/C/C=C/C/C=C/C/C=C/CCCCCC(=O)OC(COCCC(C(=O)O)[N+](C)(C)C)COC(=O)CCCCCCC/C=C/C=C/C=C/C=C/C=C/CCC. The molecule has 2 unspecified atom stereocenters. The van der Waals surface area contributed by atoms with Gasteiger partial charge in [0.15, 0.2) is 12.1 Å². The van der Waals surface area contributed by atoms with Crippen molar-refractivity contribution in [1.29, 1.82) is 0 Å². The number of quaternary nitrogens is 1. The van der Waals surface area contributed by atoms with E-state index >= 15 is 0 Å². The zero-order chi connectivity index (χ0) is 47.0. The average molecular weight is 887 g/mol. The molecule has 0 fully saturated rings. The molecule has 0 bridgehead atoms. The van der Waals surface area contributed by atoms with Crippen molar-refractivity contribution < 1.29 is 38.2 Å². The van der Waals surface area contributed by atoms with Gasteiger partial charge in [0.2, 0.25) is 0 Å². The molecule has 2 atom stereocenters. The highest BCUT2D eigenvalue weighted by Crippen LogP contribution is 2.12. The number of rotatable bonds is 41. The lowest BCUT2D eigenvalue weighted by Gasteiger charge is -2.31. The summed E-state index contributed by atoms with van der Waals surface area (Å²) in [5.41, 5.74) is 0. The van der Waals surface area contributed by atoms with Crippen molar-refractivity contribution in [3.63, 3.8) is 0 Å². The van der Waals surface area contributed by atoms with Gasteiger partial charge in [0.25, 0.3) is 0 Å². The van der Waals surface area contributed by atoms with Crippen LogP contribution in [0.4, 0.5) is 0 Å². The number of carboxylic acid groups (broad SMARTS) is 1. The molecule has 8 heteroatoms. The molecule has 0 saturated heterocycles. The number of likely N-dealkylation sites (N-methyl/N-ethyl adjacent to an activating group) is 1. The minimum absolute atomic E-state index is 0.0283. The predicted octanol–water partition coefficient (Wildman–Crippen LogP) is 14.0. The second kappa shape index (κ2) is 45.1. The van der Waals surface area contributed by atoms with Crippen molar-refractivity contribution in [3.8, 4) is 0 Å². The molecule has 8 nitrogen and oxygen atoms in total. The van der Waals surface area contributed by atoms with Crippen molar-refractivity contribution in [2.75, 3.05) is 41.0 Å². The Hall–Kier alpha value is -4.53. The van der Waals surface area contributed by atoms with Crippen LogP contribution in [-0.2, 0) is 28.6 Å². The summed E-state index contributed by atoms with van der Waals surface area (Å²) in [4.78, 5) is 37.1. The summed E-state index contributed by atoms with van der Waals surface area (Å²) in [6, 6.07) is -0.635. The molecule has 0 aromatic rings. The average Bonchev–Trinajstić information content (AvgIpc) is 3.26. The van der Waals surface area contributed by atoms with E-state index in [1.165, 1.54) is 6.42 Å². The summed E-state index contributed by atoms with van der Waals surface area (Å²) in [5.74, 6) is -1.56. The largest absolute Gasteiger partial charge is 0.477 e. The first-order valence-corrected chi connectivity index (χ1v) is 24.3. The van der Waals surface area contributed by atoms with Crippen molar-refractivity contribution in [2.24, 2.45) is 0 Å². The monoisotopic (exact) mass is 887 g/mol. The van der Waals surface area contributed by atoms with E-state index in [-0.39, 0.29) is 42.7 Å². The normalized spacial score (nSPS) is 14.1. The van der Waals surface area contributed by atoms with Crippen LogP contribution in [0.1, 0.15) is 149 Å². The van der Waals surface area contributed by atoms with E-state index in [1.54, 1.807) is 0 Å². The first-order valence-electron chi connectivity index (χ1n) is 24.3. The third-order valence-electron chi connectivity index (χ3n) is 9.89. The number of esters is 2. The zero-order valence-corrected chi connectivity index (χ0v) is 40.7. The van der Waals surface area contributed by atoms with Crippen LogP contribution in [0.15, 0.2) is 134 Å². The fraction of sp³-hybridized carbons (Fsp3) is 0.554. The quantitative estimate of drug-likeness (QED) is 0.0215. The Morgan fingerprint density at radius 2 is 0.938 bits per heavy atom. The molecule has 358 valence electrons. The number of ether oxygens (including phenoxy) is 3. The maximum absolute atomic E-state index is 12.8. The molecule has 0 amide bonds. The molecule has 0 aromatic heterocycles. The van der Waals surface area contributed by atoms with Crippen LogP contribution in [0.3, 0.4) is 0 Å². The summed E-state index contributed by atoms with van der Waals surface area (Å²) in [6.45, 7) is 4.44. The number of aliphatic carboxylic acids is 1. The Morgan fingerprint density at radius 3 is 1.45 bits per heavy atom. The van der Waals surface area contributed by atoms with Crippen molar-refractivity contribution in [2.45, 2.75) is 161 Å². The molecular weight excluding hydrogens is 799 g/mol. The molecule has 0 radical (unpaired) electrons. The molecule has 0 aromatic carbocycles.